The summed E-state index contributed by atoms with van der Waals surface area (Å²) in [5.74, 6) is -2.01. The monoisotopic (exact) mass is 370 g/mol. The van der Waals surface area contributed by atoms with Gasteiger partial charge >= 0.3 is 18.0 Å². The molecule has 1 fully saturated rings. The lowest BCUT2D eigenvalue weighted by molar-refractivity contribution is -0.151. The third-order valence-electron chi connectivity index (χ3n) is 4.03. The molecule has 10 heteroatoms. The standard InChI is InChI=1S/C16H26N4O6/c1-5-16(6-2)13(23)20(15(25)19-16)8-12(22)26-9-11(21)18-14(24)17-7-10(3)4/h10H,5-9H2,1-4H3,(H,19,25)(H2,17,18,21,24). The van der Waals surface area contributed by atoms with Crippen LogP contribution in [0.2, 0.25) is 0 Å². The van der Waals surface area contributed by atoms with Crippen molar-refractivity contribution in [2.24, 2.45) is 5.92 Å². The molecule has 0 radical (unpaired) electrons. The summed E-state index contributed by atoms with van der Waals surface area (Å²) in [5, 5.41) is 7.07. The topological polar surface area (TPSA) is 134 Å². The number of hydrogen-bond donors (Lipinski definition) is 3. The van der Waals surface area contributed by atoms with Gasteiger partial charge in [-0.1, -0.05) is 27.7 Å². The smallest absolute Gasteiger partial charge is 0.326 e. The van der Waals surface area contributed by atoms with Gasteiger partial charge in [0.25, 0.3) is 11.8 Å². The van der Waals surface area contributed by atoms with Crippen molar-refractivity contribution < 1.29 is 28.7 Å². The molecule has 26 heavy (non-hydrogen) atoms. The summed E-state index contributed by atoms with van der Waals surface area (Å²) in [6.45, 7) is 6.42. The molecule has 1 aliphatic rings. The molecule has 146 valence electrons. The highest BCUT2D eigenvalue weighted by atomic mass is 16.5. The van der Waals surface area contributed by atoms with E-state index in [1.807, 2.05) is 19.2 Å². The second-order valence-electron chi connectivity index (χ2n) is 6.42. The Morgan fingerprint density at radius 1 is 1.19 bits per heavy atom. The number of carbonyl (C=O) groups excluding carboxylic acids is 5. The van der Waals surface area contributed by atoms with Crippen molar-refractivity contribution in [3.63, 3.8) is 0 Å². The van der Waals surface area contributed by atoms with E-state index >= 15 is 0 Å². The van der Waals surface area contributed by atoms with Crippen LogP contribution >= 0.6 is 0 Å². The Morgan fingerprint density at radius 3 is 2.31 bits per heavy atom. The lowest BCUT2D eigenvalue weighted by atomic mass is 9.93. The van der Waals surface area contributed by atoms with Gasteiger partial charge in [0, 0.05) is 6.54 Å². The van der Waals surface area contributed by atoms with E-state index in [-0.39, 0.29) is 5.92 Å². The summed E-state index contributed by atoms with van der Waals surface area (Å²) >= 11 is 0. The van der Waals surface area contributed by atoms with E-state index in [2.05, 4.69) is 10.6 Å². The van der Waals surface area contributed by atoms with E-state index in [9.17, 15) is 24.0 Å². The van der Waals surface area contributed by atoms with Crippen molar-refractivity contribution in [3.8, 4) is 0 Å². The van der Waals surface area contributed by atoms with Crippen LogP contribution in [-0.4, -0.2) is 60.0 Å². The molecule has 1 heterocycles. The number of ether oxygens (including phenoxy) is 1. The number of amides is 6. The molecule has 0 spiro atoms. The summed E-state index contributed by atoms with van der Waals surface area (Å²) in [7, 11) is 0. The molecule has 0 aromatic heterocycles. The highest BCUT2D eigenvalue weighted by Gasteiger charge is 2.49. The molecule has 0 aromatic carbocycles. The van der Waals surface area contributed by atoms with Crippen LogP contribution in [0.3, 0.4) is 0 Å². The molecule has 1 rings (SSSR count). The van der Waals surface area contributed by atoms with E-state index in [0.29, 0.717) is 19.4 Å². The highest BCUT2D eigenvalue weighted by molar-refractivity contribution is 6.08. The van der Waals surface area contributed by atoms with Crippen LogP contribution < -0.4 is 16.0 Å². The molecular weight excluding hydrogens is 344 g/mol. The summed E-state index contributed by atoms with van der Waals surface area (Å²) in [4.78, 5) is 59.8. The number of urea groups is 2. The van der Waals surface area contributed by atoms with Crippen molar-refractivity contribution in [1.82, 2.24) is 20.9 Å². The molecule has 6 amide bonds. The Morgan fingerprint density at radius 2 is 1.81 bits per heavy atom. The first-order valence-electron chi connectivity index (χ1n) is 8.52. The molecule has 0 aromatic rings. The fraction of sp³-hybridized carbons (Fsp3) is 0.688. The fourth-order valence-electron chi connectivity index (χ4n) is 2.37. The van der Waals surface area contributed by atoms with Gasteiger partial charge in [0.05, 0.1) is 0 Å². The molecule has 0 aliphatic carbocycles. The van der Waals surface area contributed by atoms with Gasteiger partial charge in [0.2, 0.25) is 0 Å². The number of rotatable bonds is 8. The highest BCUT2D eigenvalue weighted by Crippen LogP contribution is 2.24. The number of nitrogens with zero attached hydrogens (tertiary/aromatic N) is 1. The van der Waals surface area contributed by atoms with E-state index in [1.54, 1.807) is 13.8 Å². The minimum Gasteiger partial charge on any atom is -0.454 e. The summed E-state index contributed by atoms with van der Waals surface area (Å²) < 4.78 is 4.72. The van der Waals surface area contributed by atoms with Crippen LogP contribution in [0.15, 0.2) is 0 Å². The average molecular weight is 370 g/mol. The normalized spacial score (nSPS) is 15.7. The Kier molecular flexibility index (Phi) is 7.54. The first kappa shape index (κ1) is 21.4. The Hall–Kier alpha value is -2.65. The van der Waals surface area contributed by atoms with E-state index in [0.717, 1.165) is 4.90 Å². The van der Waals surface area contributed by atoms with Crippen molar-refractivity contribution >= 4 is 29.8 Å². The maximum absolute atomic E-state index is 12.3. The van der Waals surface area contributed by atoms with Gasteiger partial charge in [-0.15, -0.1) is 0 Å². The predicted octanol–water partition coefficient (Wildman–Crippen LogP) is 0.122. The zero-order valence-corrected chi connectivity index (χ0v) is 15.5. The van der Waals surface area contributed by atoms with Gasteiger partial charge in [-0.05, 0) is 18.8 Å². The average Bonchev–Trinajstić information content (AvgIpc) is 2.82. The summed E-state index contributed by atoms with van der Waals surface area (Å²) in [5.41, 5.74) is -1.01. The van der Waals surface area contributed by atoms with Gasteiger partial charge in [0.1, 0.15) is 12.1 Å². The number of esters is 1. The van der Waals surface area contributed by atoms with Crippen LogP contribution in [-0.2, 0) is 19.1 Å². The summed E-state index contributed by atoms with van der Waals surface area (Å²) in [6, 6.07) is -1.36. The molecule has 10 nitrogen and oxygen atoms in total. The molecule has 0 bridgehead atoms. The molecule has 0 atom stereocenters. The quantitative estimate of drug-likeness (QED) is 0.410. The minimum absolute atomic E-state index is 0.219. The van der Waals surface area contributed by atoms with Gasteiger partial charge < -0.3 is 15.4 Å². The zero-order chi connectivity index (χ0) is 19.9. The maximum Gasteiger partial charge on any atom is 0.326 e. The Bertz CT molecular complexity index is 585. The molecular formula is C16H26N4O6. The number of imide groups is 2. The zero-order valence-electron chi connectivity index (χ0n) is 15.5. The molecule has 1 aliphatic heterocycles. The molecule has 3 N–H and O–H groups in total. The van der Waals surface area contributed by atoms with Gasteiger partial charge in [-0.3, -0.25) is 24.6 Å². The molecule has 1 saturated heterocycles. The van der Waals surface area contributed by atoms with Crippen molar-refractivity contribution in [1.29, 1.82) is 0 Å². The van der Waals surface area contributed by atoms with Gasteiger partial charge in [-0.25, -0.2) is 9.59 Å². The maximum atomic E-state index is 12.3. The lowest BCUT2D eigenvalue weighted by Gasteiger charge is -2.22. The van der Waals surface area contributed by atoms with Gasteiger partial charge in [0.15, 0.2) is 6.61 Å². The molecule has 0 unspecified atom stereocenters. The number of nitrogens with one attached hydrogen (secondary N) is 3. The second-order valence-corrected chi connectivity index (χ2v) is 6.42. The van der Waals surface area contributed by atoms with E-state index in [1.165, 1.54) is 0 Å². The summed E-state index contributed by atoms with van der Waals surface area (Å²) in [6.07, 6.45) is 0.793. The Balaban J connectivity index is 2.45. The first-order chi connectivity index (χ1) is 12.1. The third-order valence-corrected chi connectivity index (χ3v) is 4.03. The van der Waals surface area contributed by atoms with Crippen molar-refractivity contribution in [3.05, 3.63) is 0 Å². The largest absolute Gasteiger partial charge is 0.454 e. The van der Waals surface area contributed by atoms with Crippen LogP contribution in [0.1, 0.15) is 40.5 Å². The van der Waals surface area contributed by atoms with Crippen LogP contribution in [0.25, 0.3) is 0 Å². The third kappa shape index (κ3) is 5.43. The fourth-order valence-corrected chi connectivity index (χ4v) is 2.37. The van der Waals surface area contributed by atoms with Gasteiger partial charge in [-0.2, -0.15) is 0 Å². The van der Waals surface area contributed by atoms with Crippen LogP contribution in [0.5, 0.6) is 0 Å². The van der Waals surface area contributed by atoms with Crippen LogP contribution in [0, 0.1) is 5.92 Å². The second kappa shape index (κ2) is 9.16. The number of hydrogen-bond acceptors (Lipinski definition) is 6. The van der Waals surface area contributed by atoms with E-state index in [4.69, 9.17) is 4.74 Å². The van der Waals surface area contributed by atoms with E-state index < -0.39 is 48.5 Å². The van der Waals surface area contributed by atoms with Crippen molar-refractivity contribution in [2.45, 2.75) is 46.1 Å². The molecule has 0 saturated carbocycles. The van der Waals surface area contributed by atoms with Crippen LogP contribution in [0.4, 0.5) is 9.59 Å². The number of carbonyl (C=O) groups is 5. The predicted molar refractivity (Wildman–Crippen MR) is 90.9 cm³/mol. The van der Waals surface area contributed by atoms with Crippen molar-refractivity contribution in [2.75, 3.05) is 19.7 Å². The lowest BCUT2D eigenvalue weighted by Crippen LogP contribution is -2.46. The minimum atomic E-state index is -1.01. The SMILES string of the molecule is CCC1(CC)NC(=O)N(CC(=O)OCC(=O)NC(=O)NCC(C)C)C1=O. The first-order valence-corrected chi connectivity index (χ1v) is 8.52. The Labute approximate surface area is 152 Å².